The summed E-state index contributed by atoms with van der Waals surface area (Å²) in [5, 5.41) is 4.84. The van der Waals surface area contributed by atoms with Gasteiger partial charge in [0.25, 0.3) is 11.8 Å². The largest absolute Gasteiger partial charge is 0.365 e. The van der Waals surface area contributed by atoms with Crippen molar-refractivity contribution in [1.82, 2.24) is 10.6 Å². The third kappa shape index (κ3) is 5.05. The molecular formula is C13H19N4O3+. The van der Waals surface area contributed by atoms with Gasteiger partial charge < -0.3 is 11.1 Å². The van der Waals surface area contributed by atoms with Crippen molar-refractivity contribution < 1.29 is 19.0 Å². The number of aromatic nitrogens is 1. The third-order valence-corrected chi connectivity index (χ3v) is 2.71. The Kier molecular flexibility index (Phi) is 5.64. The molecule has 0 saturated carbocycles. The molecule has 4 N–H and O–H groups in total. The van der Waals surface area contributed by atoms with Gasteiger partial charge >= 0.3 is 6.03 Å². The first-order valence-electron chi connectivity index (χ1n) is 6.31. The van der Waals surface area contributed by atoms with Crippen molar-refractivity contribution in [2.45, 2.75) is 32.9 Å². The van der Waals surface area contributed by atoms with Gasteiger partial charge in [-0.25, -0.2) is 4.79 Å². The summed E-state index contributed by atoms with van der Waals surface area (Å²) in [4.78, 5) is 34.1. The number of amides is 4. The zero-order valence-electron chi connectivity index (χ0n) is 11.6. The van der Waals surface area contributed by atoms with Gasteiger partial charge in [0.05, 0.1) is 0 Å². The molecule has 20 heavy (non-hydrogen) atoms. The molecule has 0 radical (unpaired) electrons. The lowest BCUT2D eigenvalue weighted by Crippen LogP contribution is -2.49. The first kappa shape index (κ1) is 15.6. The predicted octanol–water partition coefficient (Wildman–Crippen LogP) is -0.303. The topological polar surface area (TPSA) is 105 Å². The van der Waals surface area contributed by atoms with E-state index in [4.69, 9.17) is 5.73 Å². The number of hydrogen-bond donors (Lipinski definition) is 3. The van der Waals surface area contributed by atoms with Gasteiger partial charge in [0.2, 0.25) is 6.54 Å². The van der Waals surface area contributed by atoms with Gasteiger partial charge in [0.1, 0.15) is 5.56 Å². The Morgan fingerprint density at radius 2 is 2.10 bits per heavy atom. The van der Waals surface area contributed by atoms with Crippen molar-refractivity contribution in [2.75, 3.05) is 0 Å². The van der Waals surface area contributed by atoms with Crippen LogP contribution in [0.5, 0.6) is 0 Å². The van der Waals surface area contributed by atoms with Crippen molar-refractivity contribution in [3.8, 4) is 0 Å². The monoisotopic (exact) mass is 279 g/mol. The van der Waals surface area contributed by atoms with Gasteiger partial charge in [-0.15, -0.1) is 0 Å². The smallest absolute Gasteiger partial charge is 0.321 e. The predicted molar refractivity (Wildman–Crippen MR) is 71.6 cm³/mol. The van der Waals surface area contributed by atoms with E-state index < -0.39 is 17.8 Å². The SMILES string of the molecule is CC[C@H](C)NC(=O)NC(=O)C[n+]1cccc(C(N)=O)c1. The number of carbonyl (C=O) groups is 3. The molecule has 7 heteroatoms. The molecule has 0 fully saturated rings. The molecule has 1 heterocycles. The lowest BCUT2D eigenvalue weighted by atomic mass is 10.3. The summed E-state index contributed by atoms with van der Waals surface area (Å²) in [5.41, 5.74) is 5.44. The van der Waals surface area contributed by atoms with Crippen LogP contribution in [0.25, 0.3) is 0 Å². The van der Waals surface area contributed by atoms with Crippen LogP contribution < -0.4 is 20.9 Å². The summed E-state index contributed by atoms with van der Waals surface area (Å²) in [6.45, 7) is 3.70. The summed E-state index contributed by atoms with van der Waals surface area (Å²) in [5.74, 6) is -1.05. The second kappa shape index (κ2) is 7.22. The Bertz CT molecular complexity index is 516. The lowest BCUT2D eigenvalue weighted by molar-refractivity contribution is -0.684. The molecule has 1 aromatic heterocycles. The molecule has 1 rings (SSSR count). The molecule has 0 aliphatic heterocycles. The number of rotatable bonds is 5. The van der Waals surface area contributed by atoms with Gasteiger partial charge in [-0.3, -0.25) is 14.9 Å². The van der Waals surface area contributed by atoms with Crippen LogP contribution in [0, 0.1) is 0 Å². The van der Waals surface area contributed by atoms with Crippen LogP contribution >= 0.6 is 0 Å². The normalized spacial score (nSPS) is 11.5. The highest BCUT2D eigenvalue weighted by molar-refractivity contribution is 5.94. The second-order valence-corrected chi connectivity index (χ2v) is 4.46. The minimum Gasteiger partial charge on any atom is -0.365 e. The fourth-order valence-corrected chi connectivity index (χ4v) is 1.46. The Morgan fingerprint density at radius 3 is 2.70 bits per heavy atom. The average molecular weight is 279 g/mol. The molecule has 108 valence electrons. The van der Waals surface area contributed by atoms with Gasteiger partial charge in [0.15, 0.2) is 12.4 Å². The number of nitrogens with two attached hydrogens (primary N) is 1. The summed E-state index contributed by atoms with van der Waals surface area (Å²) >= 11 is 0. The van der Waals surface area contributed by atoms with Crippen molar-refractivity contribution in [3.05, 3.63) is 30.1 Å². The van der Waals surface area contributed by atoms with Crippen molar-refractivity contribution in [1.29, 1.82) is 0 Å². The Labute approximate surface area is 117 Å². The molecule has 0 aromatic carbocycles. The van der Waals surface area contributed by atoms with E-state index in [-0.39, 0.29) is 12.6 Å². The van der Waals surface area contributed by atoms with E-state index >= 15 is 0 Å². The molecule has 0 bridgehead atoms. The fourth-order valence-electron chi connectivity index (χ4n) is 1.46. The van der Waals surface area contributed by atoms with Gasteiger partial charge in [-0.1, -0.05) is 6.92 Å². The number of urea groups is 1. The van der Waals surface area contributed by atoms with Crippen LogP contribution in [0.15, 0.2) is 24.5 Å². The van der Waals surface area contributed by atoms with Crippen LogP contribution in [-0.4, -0.2) is 23.9 Å². The number of nitrogens with one attached hydrogen (secondary N) is 2. The summed E-state index contributed by atoms with van der Waals surface area (Å²) < 4.78 is 1.48. The van der Waals surface area contributed by atoms with Crippen molar-refractivity contribution in [3.63, 3.8) is 0 Å². The number of pyridine rings is 1. The number of imide groups is 1. The molecule has 1 atom stereocenters. The van der Waals surface area contributed by atoms with Crippen molar-refractivity contribution >= 4 is 17.8 Å². The highest BCUT2D eigenvalue weighted by Crippen LogP contribution is 1.92. The first-order valence-corrected chi connectivity index (χ1v) is 6.31. The van der Waals surface area contributed by atoms with E-state index in [1.165, 1.54) is 10.8 Å². The molecule has 4 amide bonds. The fraction of sp³-hybridized carbons (Fsp3) is 0.385. The molecule has 0 unspecified atom stereocenters. The van der Waals surface area contributed by atoms with E-state index in [2.05, 4.69) is 10.6 Å². The first-order chi connectivity index (χ1) is 9.42. The molecule has 0 aliphatic carbocycles. The maximum absolute atomic E-state index is 11.7. The quantitative estimate of drug-likeness (QED) is 0.644. The number of hydrogen-bond acceptors (Lipinski definition) is 3. The summed E-state index contributed by atoms with van der Waals surface area (Å²) in [7, 11) is 0. The molecule has 1 aromatic rings. The van der Waals surface area contributed by atoms with Gasteiger partial charge in [0, 0.05) is 12.1 Å². The average Bonchev–Trinajstić information content (AvgIpc) is 2.38. The lowest BCUT2D eigenvalue weighted by Gasteiger charge is -2.10. The van der Waals surface area contributed by atoms with Crippen LogP contribution in [0.3, 0.4) is 0 Å². The van der Waals surface area contributed by atoms with Crippen LogP contribution in [-0.2, 0) is 11.3 Å². The molecule has 7 nitrogen and oxygen atoms in total. The van der Waals surface area contributed by atoms with Gasteiger partial charge in [-0.2, -0.15) is 4.57 Å². The minimum atomic E-state index is -0.575. The van der Waals surface area contributed by atoms with E-state index in [0.29, 0.717) is 5.56 Å². The molecular weight excluding hydrogens is 260 g/mol. The maximum atomic E-state index is 11.7. The van der Waals surface area contributed by atoms with Crippen LogP contribution in [0.2, 0.25) is 0 Å². The van der Waals surface area contributed by atoms with Crippen molar-refractivity contribution in [2.24, 2.45) is 5.73 Å². The Hall–Kier alpha value is -2.44. The minimum absolute atomic E-state index is 0.00589. The maximum Gasteiger partial charge on any atom is 0.321 e. The third-order valence-electron chi connectivity index (χ3n) is 2.71. The summed E-state index contributed by atoms with van der Waals surface area (Å²) in [6, 6.07) is 2.61. The number of nitrogens with zero attached hydrogens (tertiary/aromatic N) is 1. The van der Waals surface area contributed by atoms with Crippen LogP contribution in [0.1, 0.15) is 30.6 Å². The van der Waals surface area contributed by atoms with Crippen LogP contribution in [0.4, 0.5) is 4.79 Å². The van der Waals surface area contributed by atoms with E-state index in [1.807, 2.05) is 13.8 Å². The molecule has 0 aliphatic rings. The number of carbonyl (C=O) groups excluding carboxylic acids is 3. The molecule has 0 saturated heterocycles. The van der Waals surface area contributed by atoms with E-state index in [1.54, 1.807) is 18.3 Å². The van der Waals surface area contributed by atoms with E-state index in [0.717, 1.165) is 6.42 Å². The highest BCUT2D eigenvalue weighted by Gasteiger charge is 2.15. The number of primary amides is 1. The van der Waals surface area contributed by atoms with Gasteiger partial charge in [-0.05, 0) is 19.4 Å². The molecule has 0 spiro atoms. The summed E-state index contributed by atoms with van der Waals surface area (Å²) in [6.07, 6.45) is 3.84. The zero-order valence-corrected chi connectivity index (χ0v) is 11.6. The second-order valence-electron chi connectivity index (χ2n) is 4.46. The van der Waals surface area contributed by atoms with E-state index in [9.17, 15) is 14.4 Å². The Balaban J connectivity index is 2.56. The standard InChI is InChI=1S/C13H18N4O3/c1-3-9(2)15-13(20)16-11(18)8-17-6-4-5-10(7-17)12(14)19/h4-7,9H,3,8H2,1-2H3,(H3-,14,15,16,18,19,20)/p+1/t9-/m0/s1. The Morgan fingerprint density at radius 1 is 1.40 bits per heavy atom. The zero-order chi connectivity index (χ0) is 15.1. The highest BCUT2D eigenvalue weighted by atomic mass is 16.2.